The highest BCUT2D eigenvalue weighted by molar-refractivity contribution is 5.86. The normalized spacial score (nSPS) is 15.1. The zero-order valence-corrected chi connectivity index (χ0v) is 19.6. The van der Waals surface area contributed by atoms with E-state index in [1.807, 2.05) is 24.3 Å². The number of aryl methyl sites for hydroxylation is 1. The summed E-state index contributed by atoms with van der Waals surface area (Å²) in [6.45, 7) is 5.11. The number of nitrogens with one attached hydrogen (secondary N) is 1. The topological polar surface area (TPSA) is 132 Å². The van der Waals surface area contributed by atoms with Gasteiger partial charge in [0.05, 0.1) is 25.5 Å². The highest BCUT2D eigenvalue weighted by atomic mass is 16.7. The molecular formula is C24H28N8O3. The lowest BCUT2D eigenvalue weighted by molar-refractivity contribution is 0.122. The summed E-state index contributed by atoms with van der Waals surface area (Å²) in [7, 11) is 0. The summed E-state index contributed by atoms with van der Waals surface area (Å²) in [5, 5.41) is 4.40. The van der Waals surface area contributed by atoms with Crippen LogP contribution in [0.15, 0.2) is 36.7 Å². The van der Waals surface area contributed by atoms with Gasteiger partial charge in [-0.05, 0) is 24.5 Å². The number of fused-ring (bicyclic) bond motifs is 1. The number of nitrogen functional groups attached to an aromatic ring is 1. The fraction of sp³-hybridized carbons (Fsp3) is 0.375. The molecule has 2 aliphatic rings. The van der Waals surface area contributed by atoms with Crippen LogP contribution in [0.5, 0.6) is 0 Å². The van der Waals surface area contributed by atoms with Crippen LogP contribution < -0.4 is 21.0 Å². The summed E-state index contributed by atoms with van der Waals surface area (Å²) in [6, 6.07) is 7.74. The summed E-state index contributed by atoms with van der Waals surface area (Å²) < 4.78 is 5.48. The van der Waals surface area contributed by atoms with Crippen molar-refractivity contribution >= 4 is 29.5 Å². The summed E-state index contributed by atoms with van der Waals surface area (Å²) in [4.78, 5) is 38.5. The van der Waals surface area contributed by atoms with Gasteiger partial charge in [-0.1, -0.05) is 31.5 Å². The predicted octanol–water partition coefficient (Wildman–Crippen LogP) is 2.83. The van der Waals surface area contributed by atoms with Gasteiger partial charge in [-0.25, -0.2) is 19.7 Å². The molecule has 3 aromatic rings. The number of anilines is 4. The van der Waals surface area contributed by atoms with E-state index < -0.39 is 6.09 Å². The Kier molecular flexibility index (Phi) is 6.57. The number of aromatic nitrogens is 4. The second-order valence-electron chi connectivity index (χ2n) is 8.37. The van der Waals surface area contributed by atoms with Gasteiger partial charge in [-0.15, -0.1) is 0 Å². The van der Waals surface area contributed by atoms with Crippen molar-refractivity contribution in [2.24, 2.45) is 0 Å². The highest BCUT2D eigenvalue weighted by Crippen LogP contribution is 2.35. The van der Waals surface area contributed by atoms with Crippen molar-refractivity contribution in [3.63, 3.8) is 0 Å². The van der Waals surface area contributed by atoms with Crippen molar-refractivity contribution in [2.75, 3.05) is 53.9 Å². The lowest BCUT2D eigenvalue weighted by Crippen LogP contribution is -2.37. The molecule has 0 saturated carbocycles. The van der Waals surface area contributed by atoms with Crippen molar-refractivity contribution in [1.82, 2.24) is 19.9 Å². The lowest BCUT2D eigenvalue weighted by atomic mass is 10.1. The molecule has 5 rings (SSSR count). The zero-order valence-electron chi connectivity index (χ0n) is 19.6. The molecule has 11 nitrogen and oxygen atoms in total. The van der Waals surface area contributed by atoms with E-state index in [9.17, 15) is 4.79 Å². The molecule has 0 aliphatic carbocycles. The maximum Gasteiger partial charge on any atom is 0.436 e. The highest BCUT2D eigenvalue weighted by Gasteiger charge is 2.31. The molecule has 1 saturated heterocycles. The van der Waals surface area contributed by atoms with Crippen LogP contribution in [0.4, 0.5) is 28.2 Å². The molecule has 2 aromatic heterocycles. The monoisotopic (exact) mass is 476 g/mol. The molecule has 2 aliphatic heterocycles. The molecule has 0 atom stereocenters. The Labute approximate surface area is 203 Å². The summed E-state index contributed by atoms with van der Waals surface area (Å²) in [5.74, 6) is 1.30. The third-order valence-corrected chi connectivity index (χ3v) is 5.98. The SMILES string of the molecule is CCCc1ccccc1NC(=O)ON1CCc2c(-c3cnc(N)nc3)nc(N3CCOCC3)nc21. The van der Waals surface area contributed by atoms with E-state index in [0.29, 0.717) is 56.7 Å². The Morgan fingerprint density at radius 3 is 2.69 bits per heavy atom. The van der Waals surface area contributed by atoms with E-state index in [2.05, 4.69) is 27.1 Å². The summed E-state index contributed by atoms with van der Waals surface area (Å²) in [6.07, 6.45) is 5.19. The first-order chi connectivity index (χ1) is 17.1. The molecule has 1 aromatic carbocycles. The van der Waals surface area contributed by atoms with Crippen LogP contribution in [-0.4, -0.2) is 58.9 Å². The summed E-state index contributed by atoms with van der Waals surface area (Å²) in [5.41, 5.74) is 9.80. The number of hydrogen-bond acceptors (Lipinski definition) is 10. The van der Waals surface area contributed by atoms with Crippen LogP contribution in [-0.2, 0) is 22.4 Å². The number of nitrogens with two attached hydrogens (primary N) is 1. The minimum atomic E-state index is -0.565. The van der Waals surface area contributed by atoms with Crippen molar-refractivity contribution in [3.8, 4) is 11.3 Å². The second-order valence-corrected chi connectivity index (χ2v) is 8.37. The number of benzene rings is 1. The largest absolute Gasteiger partial charge is 0.436 e. The average molecular weight is 477 g/mol. The van der Waals surface area contributed by atoms with Crippen molar-refractivity contribution in [3.05, 3.63) is 47.8 Å². The first-order valence-electron chi connectivity index (χ1n) is 11.8. The number of carbonyl (C=O) groups is 1. The van der Waals surface area contributed by atoms with E-state index in [4.69, 9.17) is 25.3 Å². The maximum absolute atomic E-state index is 12.8. The molecule has 35 heavy (non-hydrogen) atoms. The minimum Gasteiger partial charge on any atom is -0.378 e. The molecule has 11 heteroatoms. The number of ether oxygens (including phenoxy) is 1. The van der Waals surface area contributed by atoms with Crippen molar-refractivity contribution in [2.45, 2.75) is 26.2 Å². The molecule has 1 amide bonds. The van der Waals surface area contributed by atoms with Crippen molar-refractivity contribution < 1.29 is 14.4 Å². The minimum absolute atomic E-state index is 0.192. The number of para-hydroxylation sites is 1. The smallest absolute Gasteiger partial charge is 0.378 e. The van der Waals surface area contributed by atoms with Gasteiger partial charge in [0.1, 0.15) is 0 Å². The van der Waals surface area contributed by atoms with Gasteiger partial charge in [0.15, 0.2) is 5.82 Å². The molecule has 182 valence electrons. The number of hydroxylamine groups is 1. The van der Waals surface area contributed by atoms with Gasteiger partial charge in [0.25, 0.3) is 0 Å². The lowest BCUT2D eigenvalue weighted by Gasteiger charge is -2.28. The summed E-state index contributed by atoms with van der Waals surface area (Å²) >= 11 is 0. The Bertz CT molecular complexity index is 1200. The van der Waals surface area contributed by atoms with E-state index in [1.54, 1.807) is 12.4 Å². The molecule has 0 spiro atoms. The van der Waals surface area contributed by atoms with Crippen LogP contribution in [0.25, 0.3) is 11.3 Å². The average Bonchev–Trinajstić information content (AvgIpc) is 3.28. The van der Waals surface area contributed by atoms with Gasteiger partial charge in [0, 0.05) is 42.3 Å². The third-order valence-electron chi connectivity index (χ3n) is 5.98. The Morgan fingerprint density at radius 1 is 1.14 bits per heavy atom. The number of nitrogens with zero attached hydrogens (tertiary/aromatic N) is 6. The van der Waals surface area contributed by atoms with Crippen molar-refractivity contribution in [1.29, 1.82) is 0 Å². The Hall–Kier alpha value is -3.99. The fourth-order valence-electron chi connectivity index (χ4n) is 4.27. The van der Waals surface area contributed by atoms with Crippen LogP contribution in [0.3, 0.4) is 0 Å². The quantitative estimate of drug-likeness (QED) is 0.547. The number of rotatable bonds is 6. The van der Waals surface area contributed by atoms with Crippen LogP contribution >= 0.6 is 0 Å². The standard InChI is InChI=1S/C24H28N8O3/c1-2-5-16-6-3-4-7-19(16)28-24(33)35-32-9-8-18-20(17-14-26-22(25)27-15-17)29-23(30-21(18)32)31-10-12-34-13-11-31/h3-4,6-7,14-15H,2,5,8-13H2,1H3,(H,28,33)(H2,25,26,27). The van der Waals surface area contributed by atoms with E-state index in [1.165, 1.54) is 5.06 Å². The van der Waals surface area contributed by atoms with Crippen LogP contribution in [0.1, 0.15) is 24.5 Å². The number of carbonyl (C=O) groups excluding carboxylic acids is 1. The Morgan fingerprint density at radius 2 is 1.91 bits per heavy atom. The molecule has 0 bridgehead atoms. The molecule has 0 radical (unpaired) electrons. The van der Waals surface area contributed by atoms with E-state index in [-0.39, 0.29) is 5.95 Å². The van der Waals surface area contributed by atoms with E-state index >= 15 is 0 Å². The van der Waals surface area contributed by atoms with Crippen LogP contribution in [0.2, 0.25) is 0 Å². The third kappa shape index (κ3) is 4.94. The second kappa shape index (κ2) is 10.1. The fourth-order valence-corrected chi connectivity index (χ4v) is 4.27. The van der Waals surface area contributed by atoms with Gasteiger partial charge < -0.3 is 20.2 Å². The number of amides is 1. The van der Waals surface area contributed by atoms with Gasteiger partial charge in [0.2, 0.25) is 11.9 Å². The first-order valence-corrected chi connectivity index (χ1v) is 11.8. The van der Waals surface area contributed by atoms with Gasteiger partial charge in [-0.2, -0.15) is 10.0 Å². The number of morpholine rings is 1. The van der Waals surface area contributed by atoms with Gasteiger partial charge in [-0.3, -0.25) is 5.32 Å². The molecule has 1 fully saturated rings. The Balaban J connectivity index is 1.43. The molecule has 0 unspecified atom stereocenters. The molecule has 3 N–H and O–H groups in total. The molecule has 4 heterocycles. The predicted molar refractivity (Wildman–Crippen MR) is 132 cm³/mol. The van der Waals surface area contributed by atoms with Gasteiger partial charge >= 0.3 is 6.09 Å². The number of hydrogen-bond donors (Lipinski definition) is 2. The molecular weight excluding hydrogens is 448 g/mol. The first kappa shape index (κ1) is 22.8. The van der Waals surface area contributed by atoms with Crippen LogP contribution in [0, 0.1) is 0 Å². The van der Waals surface area contributed by atoms with E-state index in [0.717, 1.165) is 35.2 Å². The zero-order chi connectivity index (χ0) is 24.2. The maximum atomic E-state index is 12.8.